The number of nitrogens with zero attached hydrogens (tertiary/aromatic N) is 3. The summed E-state index contributed by atoms with van der Waals surface area (Å²) in [6.07, 6.45) is 3.64. The van der Waals surface area contributed by atoms with Crippen molar-refractivity contribution in [2.24, 2.45) is 0 Å². The molecule has 0 aliphatic heterocycles. The predicted molar refractivity (Wildman–Crippen MR) is 100 cm³/mol. The number of halogens is 1. The van der Waals surface area contributed by atoms with E-state index in [0.29, 0.717) is 11.4 Å². The topological polar surface area (TPSA) is 57.4 Å². The third kappa shape index (κ3) is 2.89. The molecule has 5 heteroatoms. The Morgan fingerprint density at radius 1 is 1.19 bits per heavy atom. The van der Waals surface area contributed by atoms with Crippen LogP contribution in [0.25, 0.3) is 28.4 Å². The molecular formula is C21H15FN4. The molecule has 0 bridgehead atoms. The van der Waals surface area contributed by atoms with E-state index >= 15 is 0 Å². The van der Waals surface area contributed by atoms with Gasteiger partial charge in [-0.1, -0.05) is 6.07 Å². The number of benzene rings is 2. The number of nitriles is 1. The first-order chi connectivity index (χ1) is 12.6. The summed E-state index contributed by atoms with van der Waals surface area (Å²) in [6.45, 7) is 2.01. The highest BCUT2D eigenvalue weighted by molar-refractivity contribution is 5.90. The first-order valence-electron chi connectivity index (χ1n) is 8.16. The van der Waals surface area contributed by atoms with E-state index in [9.17, 15) is 9.65 Å². The molecule has 4 rings (SSSR count). The monoisotopic (exact) mass is 342 g/mol. The summed E-state index contributed by atoms with van der Waals surface area (Å²) in [5, 5.41) is 9.62. The van der Waals surface area contributed by atoms with E-state index in [4.69, 9.17) is 0 Å². The fourth-order valence-corrected chi connectivity index (χ4v) is 2.90. The zero-order valence-corrected chi connectivity index (χ0v) is 14.1. The molecule has 0 atom stereocenters. The fraction of sp³-hybridized carbons (Fsp3) is 0.0476. The fourth-order valence-electron chi connectivity index (χ4n) is 2.90. The van der Waals surface area contributed by atoms with Gasteiger partial charge in [0.15, 0.2) is 0 Å². The van der Waals surface area contributed by atoms with Crippen LogP contribution in [-0.4, -0.2) is 14.5 Å². The number of H-pyrrole nitrogens is 1. The first-order valence-corrected chi connectivity index (χ1v) is 8.16. The molecule has 2 aromatic heterocycles. The zero-order chi connectivity index (χ0) is 18.1. The molecule has 0 amide bonds. The molecular weight excluding hydrogens is 327 g/mol. The molecule has 0 aliphatic rings. The van der Waals surface area contributed by atoms with E-state index in [2.05, 4.69) is 16.0 Å². The molecule has 4 aromatic rings. The summed E-state index contributed by atoms with van der Waals surface area (Å²) in [4.78, 5) is 7.72. The van der Waals surface area contributed by atoms with Crippen LogP contribution < -0.4 is 0 Å². The Labute approximate surface area is 149 Å². The minimum absolute atomic E-state index is 0.284. The van der Waals surface area contributed by atoms with Crippen LogP contribution in [0.1, 0.15) is 17.1 Å². The maximum absolute atomic E-state index is 13.2. The van der Waals surface area contributed by atoms with Crippen molar-refractivity contribution in [3.63, 3.8) is 0 Å². The number of allylic oxidation sites excluding steroid dienone is 1. The lowest BCUT2D eigenvalue weighted by atomic mass is 10.2. The van der Waals surface area contributed by atoms with Crippen LogP contribution in [0.4, 0.5) is 4.39 Å². The highest BCUT2D eigenvalue weighted by Gasteiger charge is 2.10. The van der Waals surface area contributed by atoms with E-state index in [1.807, 2.05) is 48.0 Å². The number of hydrogen-bond donors (Lipinski definition) is 1. The minimum Gasteiger partial charge on any atom is -0.337 e. The molecule has 0 spiro atoms. The third-order valence-corrected chi connectivity index (χ3v) is 4.19. The van der Waals surface area contributed by atoms with Crippen molar-refractivity contribution in [3.8, 4) is 11.8 Å². The van der Waals surface area contributed by atoms with E-state index < -0.39 is 0 Å². The highest BCUT2D eigenvalue weighted by Crippen LogP contribution is 2.22. The van der Waals surface area contributed by atoms with Crippen LogP contribution in [0.15, 0.2) is 60.8 Å². The van der Waals surface area contributed by atoms with Gasteiger partial charge in [-0.05, 0) is 67.1 Å². The SMILES string of the molecule is Cc1ccc2nc(C(C#N)=Cc3cccn3-c3ccc(F)cc3)[nH]c2c1. The van der Waals surface area contributed by atoms with Crippen LogP contribution in [-0.2, 0) is 0 Å². The zero-order valence-electron chi connectivity index (χ0n) is 14.1. The van der Waals surface area contributed by atoms with Crippen molar-refractivity contribution >= 4 is 22.7 Å². The van der Waals surface area contributed by atoms with Crippen molar-refractivity contribution in [3.05, 3.63) is 83.7 Å². The maximum Gasteiger partial charge on any atom is 0.149 e. The number of rotatable bonds is 3. The molecule has 26 heavy (non-hydrogen) atoms. The van der Waals surface area contributed by atoms with Crippen molar-refractivity contribution in [1.29, 1.82) is 5.26 Å². The number of aromatic nitrogens is 3. The Balaban J connectivity index is 1.77. The summed E-state index contributed by atoms with van der Waals surface area (Å²) in [5.41, 5.74) is 4.90. The Hall–Kier alpha value is -3.65. The summed E-state index contributed by atoms with van der Waals surface area (Å²) in [6, 6.07) is 18.1. The number of hydrogen-bond acceptors (Lipinski definition) is 2. The van der Waals surface area contributed by atoms with Gasteiger partial charge in [-0.2, -0.15) is 5.26 Å². The van der Waals surface area contributed by atoms with Gasteiger partial charge < -0.3 is 9.55 Å². The lowest BCUT2D eigenvalue weighted by Crippen LogP contribution is -1.95. The quantitative estimate of drug-likeness (QED) is 0.540. The number of aryl methyl sites for hydroxylation is 1. The second kappa shape index (κ2) is 6.34. The van der Waals surface area contributed by atoms with Crippen LogP contribution in [0, 0.1) is 24.1 Å². The van der Waals surface area contributed by atoms with Gasteiger partial charge in [0, 0.05) is 17.6 Å². The van der Waals surface area contributed by atoms with Crippen molar-refractivity contribution < 1.29 is 4.39 Å². The molecule has 4 nitrogen and oxygen atoms in total. The number of fused-ring (bicyclic) bond motifs is 1. The third-order valence-electron chi connectivity index (χ3n) is 4.19. The van der Waals surface area contributed by atoms with Crippen LogP contribution in [0.2, 0.25) is 0 Å². The van der Waals surface area contributed by atoms with Gasteiger partial charge in [-0.3, -0.25) is 0 Å². The van der Waals surface area contributed by atoms with Gasteiger partial charge in [-0.25, -0.2) is 9.37 Å². The lowest BCUT2D eigenvalue weighted by molar-refractivity contribution is 0.627. The van der Waals surface area contributed by atoms with E-state index in [0.717, 1.165) is 28.0 Å². The lowest BCUT2D eigenvalue weighted by Gasteiger charge is -2.06. The molecule has 126 valence electrons. The summed E-state index contributed by atoms with van der Waals surface area (Å²) >= 11 is 0. The average Bonchev–Trinajstić information content (AvgIpc) is 3.26. The molecule has 0 radical (unpaired) electrons. The maximum atomic E-state index is 13.2. The van der Waals surface area contributed by atoms with E-state index in [-0.39, 0.29) is 5.82 Å². The van der Waals surface area contributed by atoms with Crippen molar-refractivity contribution in [1.82, 2.24) is 14.5 Å². The second-order valence-electron chi connectivity index (χ2n) is 6.06. The van der Waals surface area contributed by atoms with Gasteiger partial charge >= 0.3 is 0 Å². The molecule has 0 unspecified atom stereocenters. The van der Waals surface area contributed by atoms with Crippen LogP contribution >= 0.6 is 0 Å². The molecule has 0 saturated carbocycles. The summed E-state index contributed by atoms with van der Waals surface area (Å²) in [5.74, 6) is 0.244. The largest absolute Gasteiger partial charge is 0.337 e. The van der Waals surface area contributed by atoms with Gasteiger partial charge in [0.2, 0.25) is 0 Å². The smallest absolute Gasteiger partial charge is 0.149 e. The summed E-state index contributed by atoms with van der Waals surface area (Å²) < 4.78 is 15.1. The van der Waals surface area contributed by atoms with Crippen LogP contribution in [0.5, 0.6) is 0 Å². The Morgan fingerprint density at radius 3 is 2.77 bits per heavy atom. The van der Waals surface area contributed by atoms with Crippen LogP contribution in [0.3, 0.4) is 0 Å². The van der Waals surface area contributed by atoms with Crippen molar-refractivity contribution in [2.75, 3.05) is 0 Å². The normalized spacial score (nSPS) is 11.7. The Bertz CT molecular complexity index is 1160. The number of aromatic amines is 1. The molecule has 0 fully saturated rings. The van der Waals surface area contributed by atoms with Gasteiger partial charge in [0.05, 0.1) is 16.6 Å². The average molecular weight is 342 g/mol. The van der Waals surface area contributed by atoms with Gasteiger partial charge in [0.25, 0.3) is 0 Å². The minimum atomic E-state index is -0.284. The Kier molecular flexibility index (Phi) is 3.86. The number of nitrogens with one attached hydrogen (secondary N) is 1. The highest BCUT2D eigenvalue weighted by atomic mass is 19.1. The first kappa shape index (κ1) is 15.9. The van der Waals surface area contributed by atoms with E-state index in [1.165, 1.54) is 12.1 Å². The van der Waals surface area contributed by atoms with Gasteiger partial charge in [0.1, 0.15) is 17.7 Å². The molecule has 2 aromatic carbocycles. The van der Waals surface area contributed by atoms with Crippen molar-refractivity contribution in [2.45, 2.75) is 6.92 Å². The molecule has 0 aliphatic carbocycles. The number of imidazole rings is 1. The molecule has 0 saturated heterocycles. The summed E-state index contributed by atoms with van der Waals surface area (Å²) in [7, 11) is 0. The predicted octanol–water partition coefficient (Wildman–Crippen LogP) is 4.87. The molecule has 1 N–H and O–H groups in total. The molecule has 2 heterocycles. The Morgan fingerprint density at radius 2 is 2.00 bits per heavy atom. The van der Waals surface area contributed by atoms with Gasteiger partial charge in [-0.15, -0.1) is 0 Å². The standard InChI is InChI=1S/C21H15FN4/c1-14-4-9-19-20(11-14)25-21(24-19)15(13-23)12-18-3-2-10-26(18)17-7-5-16(22)6-8-17/h2-12H,1H3,(H,24,25). The van der Waals surface area contributed by atoms with E-state index in [1.54, 1.807) is 18.2 Å². The second-order valence-corrected chi connectivity index (χ2v) is 6.06.